The number of halogens is 1. The number of aromatic nitrogens is 3. The van der Waals surface area contributed by atoms with Crippen molar-refractivity contribution >= 4 is 29.4 Å². The van der Waals surface area contributed by atoms with E-state index in [1.54, 1.807) is 24.3 Å². The lowest BCUT2D eigenvalue weighted by Gasteiger charge is -2.10. The van der Waals surface area contributed by atoms with Gasteiger partial charge < -0.3 is 5.32 Å². The van der Waals surface area contributed by atoms with E-state index in [0.29, 0.717) is 22.2 Å². The van der Waals surface area contributed by atoms with Crippen LogP contribution < -0.4 is 10.6 Å². The Labute approximate surface area is 183 Å². The zero-order valence-electron chi connectivity index (χ0n) is 17.2. The molecule has 0 aliphatic heterocycles. The summed E-state index contributed by atoms with van der Waals surface area (Å²) in [6.45, 7) is 3.93. The molecule has 0 saturated heterocycles. The summed E-state index contributed by atoms with van der Waals surface area (Å²) >= 11 is 1.17. The second-order valence-corrected chi connectivity index (χ2v) is 8.42. The maximum absolute atomic E-state index is 14.2. The van der Waals surface area contributed by atoms with Crippen LogP contribution in [0.5, 0.6) is 0 Å². The van der Waals surface area contributed by atoms with Crippen LogP contribution in [0.3, 0.4) is 0 Å². The molecule has 0 spiro atoms. The van der Waals surface area contributed by atoms with Crippen LogP contribution in [0.2, 0.25) is 0 Å². The molecule has 1 aliphatic carbocycles. The number of nitrogens with one attached hydrogen (secondary N) is 2. The topological polar surface area (TPSA) is 88.9 Å². The van der Waals surface area contributed by atoms with Crippen LogP contribution in [0.4, 0.5) is 14.9 Å². The fraction of sp³-hybridized carbons (Fsp3) is 0.273. The first-order valence-corrected chi connectivity index (χ1v) is 10.9. The van der Waals surface area contributed by atoms with E-state index in [4.69, 9.17) is 0 Å². The maximum Gasteiger partial charge on any atom is 0.325 e. The standard InChI is InChI=1S/C22H22FN5O2S/c1-13-7-8-15(11-14(13)2)24-21(30)25-19(29)12-31-22-27-26-20(28(22)16-9-10-16)17-5-3-4-6-18(17)23/h3-8,11,16H,9-10,12H2,1-2H3,(H2,24,25,29,30). The van der Waals surface area contributed by atoms with Crippen molar-refractivity contribution in [1.82, 2.24) is 20.1 Å². The Hall–Kier alpha value is -3.20. The summed E-state index contributed by atoms with van der Waals surface area (Å²) < 4.78 is 16.1. The van der Waals surface area contributed by atoms with Gasteiger partial charge in [-0.3, -0.25) is 14.7 Å². The van der Waals surface area contributed by atoms with E-state index < -0.39 is 11.9 Å². The average molecular weight is 440 g/mol. The van der Waals surface area contributed by atoms with Crippen molar-refractivity contribution in [3.63, 3.8) is 0 Å². The molecule has 1 aromatic heterocycles. The van der Waals surface area contributed by atoms with Crippen molar-refractivity contribution in [2.45, 2.75) is 37.9 Å². The fourth-order valence-corrected chi connectivity index (χ4v) is 3.94. The molecule has 7 nitrogen and oxygen atoms in total. The van der Waals surface area contributed by atoms with Crippen LogP contribution in [0, 0.1) is 19.7 Å². The molecule has 31 heavy (non-hydrogen) atoms. The van der Waals surface area contributed by atoms with Gasteiger partial charge in [-0.05, 0) is 62.1 Å². The largest absolute Gasteiger partial charge is 0.325 e. The number of thioether (sulfide) groups is 1. The van der Waals surface area contributed by atoms with E-state index in [9.17, 15) is 14.0 Å². The third-order valence-corrected chi connectivity index (χ3v) is 5.98. The molecule has 3 aromatic rings. The third kappa shape index (κ3) is 4.93. The van der Waals surface area contributed by atoms with E-state index in [2.05, 4.69) is 20.8 Å². The first kappa shape index (κ1) is 21.0. The number of carbonyl (C=O) groups is 2. The number of hydrogen-bond donors (Lipinski definition) is 2. The van der Waals surface area contributed by atoms with Gasteiger partial charge >= 0.3 is 6.03 Å². The Bertz CT molecular complexity index is 1140. The lowest BCUT2D eigenvalue weighted by atomic mass is 10.1. The fourth-order valence-electron chi connectivity index (χ4n) is 3.14. The Morgan fingerprint density at radius 2 is 1.90 bits per heavy atom. The molecule has 0 bridgehead atoms. The number of urea groups is 1. The van der Waals surface area contributed by atoms with Gasteiger partial charge in [0.15, 0.2) is 11.0 Å². The summed E-state index contributed by atoms with van der Waals surface area (Å²) in [5.41, 5.74) is 3.16. The highest BCUT2D eigenvalue weighted by atomic mass is 32.2. The molecule has 1 heterocycles. The lowest BCUT2D eigenvalue weighted by molar-refractivity contribution is -0.117. The average Bonchev–Trinajstić information content (AvgIpc) is 3.49. The molecule has 0 atom stereocenters. The molecule has 0 radical (unpaired) electrons. The minimum absolute atomic E-state index is 0.0114. The Balaban J connectivity index is 1.39. The van der Waals surface area contributed by atoms with Crippen LogP contribution in [0.15, 0.2) is 47.6 Å². The Kier molecular flexibility index (Phi) is 6.03. The summed E-state index contributed by atoms with van der Waals surface area (Å²) in [7, 11) is 0. The number of imide groups is 1. The Morgan fingerprint density at radius 1 is 1.13 bits per heavy atom. The van der Waals surface area contributed by atoms with Gasteiger partial charge in [-0.1, -0.05) is 30.0 Å². The minimum Gasteiger partial charge on any atom is -0.308 e. The molecular formula is C22H22FN5O2S. The molecule has 3 amide bonds. The van der Waals surface area contributed by atoms with Crippen LogP contribution in [0.1, 0.15) is 30.0 Å². The summed E-state index contributed by atoms with van der Waals surface area (Å²) in [5, 5.41) is 13.8. The monoisotopic (exact) mass is 439 g/mol. The number of hydrogen-bond acceptors (Lipinski definition) is 5. The van der Waals surface area contributed by atoms with Crippen LogP contribution in [-0.2, 0) is 4.79 Å². The first-order chi connectivity index (χ1) is 14.9. The summed E-state index contributed by atoms with van der Waals surface area (Å²) in [6, 6.07) is 11.6. The highest BCUT2D eigenvalue weighted by Gasteiger charge is 2.31. The van der Waals surface area contributed by atoms with Gasteiger partial charge in [0.1, 0.15) is 5.82 Å². The van der Waals surface area contributed by atoms with Gasteiger partial charge in [-0.15, -0.1) is 10.2 Å². The van der Waals surface area contributed by atoms with Crippen molar-refractivity contribution in [1.29, 1.82) is 0 Å². The molecule has 1 fully saturated rings. The molecule has 1 saturated carbocycles. The van der Waals surface area contributed by atoms with Crippen LogP contribution in [0.25, 0.3) is 11.4 Å². The van der Waals surface area contributed by atoms with Crippen molar-refractivity contribution < 1.29 is 14.0 Å². The first-order valence-electron chi connectivity index (χ1n) is 9.93. The van der Waals surface area contributed by atoms with Gasteiger partial charge in [-0.25, -0.2) is 9.18 Å². The molecule has 2 aromatic carbocycles. The zero-order chi connectivity index (χ0) is 22.0. The van der Waals surface area contributed by atoms with Gasteiger partial charge in [-0.2, -0.15) is 0 Å². The highest BCUT2D eigenvalue weighted by Crippen LogP contribution is 2.41. The smallest absolute Gasteiger partial charge is 0.308 e. The molecular weight excluding hydrogens is 417 g/mol. The van der Waals surface area contributed by atoms with Crippen molar-refractivity contribution in [3.8, 4) is 11.4 Å². The molecule has 160 valence electrons. The van der Waals surface area contributed by atoms with Crippen molar-refractivity contribution in [2.75, 3.05) is 11.1 Å². The lowest BCUT2D eigenvalue weighted by Crippen LogP contribution is -2.35. The van der Waals surface area contributed by atoms with Gasteiger partial charge in [0, 0.05) is 11.7 Å². The minimum atomic E-state index is -0.593. The normalized spacial score (nSPS) is 13.1. The number of benzene rings is 2. The van der Waals surface area contributed by atoms with E-state index in [0.717, 1.165) is 24.0 Å². The van der Waals surface area contributed by atoms with Crippen LogP contribution in [-0.4, -0.2) is 32.5 Å². The number of carbonyl (C=O) groups excluding carboxylic acids is 2. The van der Waals surface area contributed by atoms with E-state index in [1.165, 1.54) is 17.8 Å². The Morgan fingerprint density at radius 3 is 2.61 bits per heavy atom. The molecule has 2 N–H and O–H groups in total. The van der Waals surface area contributed by atoms with Gasteiger partial charge in [0.2, 0.25) is 5.91 Å². The van der Waals surface area contributed by atoms with Crippen molar-refractivity contribution in [2.24, 2.45) is 0 Å². The number of aryl methyl sites for hydroxylation is 2. The van der Waals surface area contributed by atoms with E-state index >= 15 is 0 Å². The summed E-state index contributed by atoms with van der Waals surface area (Å²) in [6.07, 6.45) is 1.91. The van der Waals surface area contributed by atoms with E-state index in [1.807, 2.05) is 30.5 Å². The van der Waals surface area contributed by atoms with Crippen molar-refractivity contribution in [3.05, 3.63) is 59.4 Å². The van der Waals surface area contributed by atoms with Gasteiger partial charge in [0.05, 0.1) is 11.3 Å². The summed E-state index contributed by atoms with van der Waals surface area (Å²) in [5.74, 6) is -0.378. The van der Waals surface area contributed by atoms with Crippen LogP contribution >= 0.6 is 11.8 Å². The molecule has 1 aliphatic rings. The second kappa shape index (κ2) is 8.89. The predicted molar refractivity (Wildman–Crippen MR) is 117 cm³/mol. The molecule has 4 rings (SSSR count). The zero-order valence-corrected chi connectivity index (χ0v) is 18.0. The number of anilines is 1. The number of amides is 3. The second-order valence-electron chi connectivity index (χ2n) is 7.48. The third-order valence-electron chi connectivity index (χ3n) is 5.04. The SMILES string of the molecule is Cc1ccc(NC(=O)NC(=O)CSc2nnc(-c3ccccc3F)n2C2CC2)cc1C. The molecule has 9 heteroatoms. The number of nitrogens with zero attached hydrogens (tertiary/aromatic N) is 3. The predicted octanol–water partition coefficient (Wildman–Crippen LogP) is 4.48. The molecule has 0 unspecified atom stereocenters. The quantitative estimate of drug-likeness (QED) is 0.553. The van der Waals surface area contributed by atoms with E-state index in [-0.39, 0.29) is 17.6 Å². The highest BCUT2D eigenvalue weighted by molar-refractivity contribution is 7.99. The summed E-state index contributed by atoms with van der Waals surface area (Å²) in [4.78, 5) is 24.4. The van der Waals surface area contributed by atoms with Gasteiger partial charge in [0.25, 0.3) is 0 Å². The maximum atomic E-state index is 14.2. The number of rotatable bonds is 6.